The zero-order valence-corrected chi connectivity index (χ0v) is 11.1. The van der Waals surface area contributed by atoms with E-state index in [9.17, 15) is 4.79 Å². The Bertz CT molecular complexity index is 204. The summed E-state index contributed by atoms with van der Waals surface area (Å²) < 4.78 is 10.3. The van der Waals surface area contributed by atoms with Crippen molar-refractivity contribution in [3.05, 3.63) is 0 Å². The van der Waals surface area contributed by atoms with E-state index in [1.54, 1.807) is 0 Å². The maximum Gasteiger partial charge on any atom is 0.335 e. The molecule has 1 rings (SSSR count). The maximum atomic E-state index is 11.1. The highest BCUT2D eigenvalue weighted by atomic mass is 16.6. The molecule has 3 nitrogen and oxygen atoms in total. The second-order valence-corrected chi connectivity index (χ2v) is 4.79. The lowest BCUT2D eigenvalue weighted by molar-refractivity contribution is -0.147. The van der Waals surface area contributed by atoms with E-state index in [1.165, 1.54) is 44.9 Å². The summed E-state index contributed by atoms with van der Waals surface area (Å²) in [5, 5.41) is 0. The molecule has 1 heterocycles. The Morgan fingerprint density at radius 1 is 1.12 bits per heavy atom. The van der Waals surface area contributed by atoms with Crippen molar-refractivity contribution < 1.29 is 14.3 Å². The van der Waals surface area contributed by atoms with Gasteiger partial charge in [0.15, 0.2) is 6.10 Å². The Kier molecular flexibility index (Phi) is 8.06. The van der Waals surface area contributed by atoms with Gasteiger partial charge in [0.2, 0.25) is 0 Å². The molecule has 0 N–H and O–H groups in total. The minimum Gasteiger partial charge on any atom is -0.464 e. The molecule has 0 unspecified atom stereocenters. The Balaban J connectivity index is 1.80. The minimum absolute atomic E-state index is 0.176. The van der Waals surface area contributed by atoms with Crippen LogP contribution in [0.15, 0.2) is 0 Å². The zero-order chi connectivity index (χ0) is 12.3. The molecule has 0 aliphatic carbocycles. The van der Waals surface area contributed by atoms with Crippen molar-refractivity contribution in [1.29, 1.82) is 0 Å². The SMILES string of the molecule is CCCCCCCCCCO[C@@H]1CCOC1=O. The number of carbonyl (C=O) groups excluding carboxylic acids is 1. The standard InChI is InChI=1S/C14H26O3/c1-2-3-4-5-6-7-8-9-11-16-13-10-12-17-14(13)15/h13H,2-12H2,1H3/t13-/m1/s1. The Labute approximate surface area is 105 Å². The summed E-state index contributed by atoms with van der Waals surface area (Å²) in [6, 6.07) is 0. The summed E-state index contributed by atoms with van der Waals surface area (Å²) in [5.41, 5.74) is 0. The average molecular weight is 242 g/mol. The number of unbranched alkanes of at least 4 members (excludes halogenated alkanes) is 7. The first-order valence-electron chi connectivity index (χ1n) is 7.13. The van der Waals surface area contributed by atoms with Crippen LogP contribution < -0.4 is 0 Å². The van der Waals surface area contributed by atoms with Crippen LogP contribution in [0, 0.1) is 0 Å². The third-order valence-electron chi connectivity index (χ3n) is 3.20. The first kappa shape index (κ1) is 14.5. The molecule has 1 fully saturated rings. The van der Waals surface area contributed by atoms with Crippen LogP contribution in [0.5, 0.6) is 0 Å². The van der Waals surface area contributed by atoms with Gasteiger partial charge in [-0.3, -0.25) is 0 Å². The molecule has 0 aromatic heterocycles. The van der Waals surface area contributed by atoms with Gasteiger partial charge in [-0.15, -0.1) is 0 Å². The molecule has 0 radical (unpaired) electrons. The fourth-order valence-electron chi connectivity index (χ4n) is 2.09. The molecule has 0 amide bonds. The van der Waals surface area contributed by atoms with E-state index in [-0.39, 0.29) is 12.1 Å². The summed E-state index contributed by atoms with van der Waals surface area (Å²) in [4.78, 5) is 11.1. The van der Waals surface area contributed by atoms with Gasteiger partial charge >= 0.3 is 5.97 Å². The molecule has 0 aromatic rings. The van der Waals surface area contributed by atoms with Crippen molar-refractivity contribution in [2.75, 3.05) is 13.2 Å². The highest BCUT2D eigenvalue weighted by Gasteiger charge is 2.26. The third-order valence-corrected chi connectivity index (χ3v) is 3.20. The van der Waals surface area contributed by atoms with E-state index < -0.39 is 0 Å². The summed E-state index contributed by atoms with van der Waals surface area (Å²) >= 11 is 0. The lowest BCUT2D eigenvalue weighted by atomic mass is 10.1. The van der Waals surface area contributed by atoms with Gasteiger partial charge in [-0.05, 0) is 6.42 Å². The molecule has 3 heteroatoms. The van der Waals surface area contributed by atoms with Crippen LogP contribution in [0.2, 0.25) is 0 Å². The molecule has 100 valence electrons. The van der Waals surface area contributed by atoms with E-state index in [1.807, 2.05) is 0 Å². The number of carbonyl (C=O) groups is 1. The van der Waals surface area contributed by atoms with Crippen molar-refractivity contribution in [1.82, 2.24) is 0 Å². The topological polar surface area (TPSA) is 35.5 Å². The molecule has 0 aromatic carbocycles. The number of hydrogen-bond acceptors (Lipinski definition) is 3. The highest BCUT2D eigenvalue weighted by Crippen LogP contribution is 2.12. The minimum atomic E-state index is -0.278. The predicted molar refractivity (Wildman–Crippen MR) is 67.9 cm³/mol. The summed E-state index contributed by atoms with van der Waals surface area (Å²) in [7, 11) is 0. The van der Waals surface area contributed by atoms with Crippen LogP contribution in [0.1, 0.15) is 64.7 Å². The number of ether oxygens (including phenoxy) is 2. The number of hydrogen-bond donors (Lipinski definition) is 0. The first-order valence-corrected chi connectivity index (χ1v) is 7.13. The molecule has 1 aliphatic rings. The molecule has 0 saturated carbocycles. The largest absolute Gasteiger partial charge is 0.464 e. The van der Waals surface area contributed by atoms with Crippen LogP contribution in [-0.2, 0) is 14.3 Å². The summed E-state index contributed by atoms with van der Waals surface area (Å²) in [6.07, 6.45) is 10.8. The van der Waals surface area contributed by atoms with Crippen LogP contribution in [-0.4, -0.2) is 25.3 Å². The number of esters is 1. The Morgan fingerprint density at radius 2 is 1.76 bits per heavy atom. The van der Waals surface area contributed by atoms with Gasteiger partial charge in [0.25, 0.3) is 0 Å². The van der Waals surface area contributed by atoms with E-state index in [0.29, 0.717) is 13.2 Å². The fourth-order valence-corrected chi connectivity index (χ4v) is 2.09. The molecular weight excluding hydrogens is 216 g/mol. The molecule has 0 spiro atoms. The summed E-state index contributed by atoms with van der Waals surface area (Å²) in [6.45, 7) is 3.47. The van der Waals surface area contributed by atoms with Crippen molar-refractivity contribution in [2.24, 2.45) is 0 Å². The van der Waals surface area contributed by atoms with Crippen LogP contribution in [0.3, 0.4) is 0 Å². The van der Waals surface area contributed by atoms with Gasteiger partial charge in [-0.25, -0.2) is 4.79 Å². The van der Waals surface area contributed by atoms with E-state index in [0.717, 1.165) is 12.8 Å². The third kappa shape index (κ3) is 6.67. The monoisotopic (exact) mass is 242 g/mol. The second-order valence-electron chi connectivity index (χ2n) is 4.79. The molecular formula is C14H26O3. The second kappa shape index (κ2) is 9.46. The molecule has 1 atom stereocenters. The van der Waals surface area contributed by atoms with Crippen molar-refractivity contribution in [3.8, 4) is 0 Å². The van der Waals surface area contributed by atoms with Crippen molar-refractivity contribution >= 4 is 5.97 Å². The first-order chi connectivity index (χ1) is 8.34. The smallest absolute Gasteiger partial charge is 0.335 e. The van der Waals surface area contributed by atoms with Crippen LogP contribution in [0.4, 0.5) is 0 Å². The quantitative estimate of drug-likeness (QED) is 0.435. The fraction of sp³-hybridized carbons (Fsp3) is 0.929. The number of cyclic esters (lactones) is 1. The van der Waals surface area contributed by atoms with Crippen molar-refractivity contribution in [3.63, 3.8) is 0 Å². The van der Waals surface area contributed by atoms with Gasteiger partial charge in [-0.1, -0.05) is 51.9 Å². The average Bonchev–Trinajstić information content (AvgIpc) is 2.73. The molecule has 1 aliphatic heterocycles. The zero-order valence-electron chi connectivity index (χ0n) is 11.1. The molecule has 17 heavy (non-hydrogen) atoms. The maximum absolute atomic E-state index is 11.1. The predicted octanol–water partition coefficient (Wildman–Crippen LogP) is 3.46. The van der Waals surface area contributed by atoms with E-state index in [2.05, 4.69) is 6.92 Å². The Morgan fingerprint density at radius 3 is 2.35 bits per heavy atom. The van der Waals surface area contributed by atoms with E-state index in [4.69, 9.17) is 9.47 Å². The normalized spacial score (nSPS) is 19.6. The Hall–Kier alpha value is -0.570. The molecule has 0 bridgehead atoms. The van der Waals surface area contributed by atoms with Crippen LogP contribution in [0.25, 0.3) is 0 Å². The van der Waals surface area contributed by atoms with Gasteiger partial charge in [0.1, 0.15) is 0 Å². The van der Waals surface area contributed by atoms with Crippen LogP contribution >= 0.6 is 0 Å². The molecule has 1 saturated heterocycles. The summed E-state index contributed by atoms with van der Waals surface area (Å²) in [5.74, 6) is -0.176. The van der Waals surface area contributed by atoms with Gasteiger partial charge in [0, 0.05) is 13.0 Å². The lowest BCUT2D eigenvalue weighted by Gasteiger charge is -2.07. The van der Waals surface area contributed by atoms with Gasteiger partial charge in [-0.2, -0.15) is 0 Å². The lowest BCUT2D eigenvalue weighted by Crippen LogP contribution is -2.18. The van der Waals surface area contributed by atoms with Gasteiger partial charge < -0.3 is 9.47 Å². The van der Waals surface area contributed by atoms with Crippen molar-refractivity contribution in [2.45, 2.75) is 70.8 Å². The highest BCUT2D eigenvalue weighted by molar-refractivity contribution is 5.76. The number of rotatable bonds is 10. The van der Waals surface area contributed by atoms with Gasteiger partial charge in [0.05, 0.1) is 6.61 Å². The van der Waals surface area contributed by atoms with E-state index >= 15 is 0 Å².